The molecule has 0 radical (unpaired) electrons. The van der Waals surface area contributed by atoms with Crippen molar-refractivity contribution in [3.63, 3.8) is 0 Å². The smallest absolute Gasteiger partial charge is 0.239 e. The summed E-state index contributed by atoms with van der Waals surface area (Å²) in [7, 11) is -6.97. The lowest BCUT2D eigenvalue weighted by molar-refractivity contribution is -0.899. The van der Waals surface area contributed by atoms with Crippen LogP contribution in [-0.2, 0) is 20.4 Å². The zero-order valence-corrected chi connectivity index (χ0v) is 13.5. The van der Waals surface area contributed by atoms with Gasteiger partial charge in [-0.15, -0.1) is 3.89 Å². The van der Waals surface area contributed by atoms with Crippen LogP contribution in [0.25, 0.3) is 4.13 Å². The van der Waals surface area contributed by atoms with Crippen molar-refractivity contribution in [3.8, 4) is 0 Å². The second-order valence-corrected chi connectivity index (χ2v) is 8.25. The quantitative estimate of drug-likeness (QED) is 0.580. The van der Waals surface area contributed by atoms with Gasteiger partial charge in [0.2, 0.25) is 10.4 Å². The van der Waals surface area contributed by atoms with Crippen molar-refractivity contribution in [2.75, 3.05) is 32.9 Å². The lowest BCUT2D eigenvalue weighted by atomic mass is 10.2. The highest BCUT2D eigenvalue weighted by Crippen LogP contribution is 2.21. The molecule has 6 nitrogen and oxygen atoms in total. The first-order valence-electron chi connectivity index (χ1n) is 6.09. The molecule has 1 aliphatic heterocycles. The largest absolute Gasteiger partial charge is 0.408 e. The lowest BCUT2D eigenvalue weighted by Gasteiger charge is -2.28. The van der Waals surface area contributed by atoms with E-state index in [0.717, 1.165) is 5.92 Å². The first-order chi connectivity index (χ1) is 8.37. The number of rotatable bonds is 4. The van der Waals surface area contributed by atoms with Crippen LogP contribution in [0.3, 0.4) is 0 Å². The summed E-state index contributed by atoms with van der Waals surface area (Å²) in [4.78, 5) is 0. The molecule has 1 aliphatic rings. The van der Waals surface area contributed by atoms with E-state index in [0.29, 0.717) is 6.26 Å². The zero-order chi connectivity index (χ0) is 15.3. The molecule has 19 heavy (non-hydrogen) atoms. The molecule has 0 amide bonds. The number of halogens is 1. The van der Waals surface area contributed by atoms with E-state index in [9.17, 15) is 20.7 Å². The first kappa shape index (κ1) is 18.8. The standard InChI is InChI=1S/C9H20N.CH3FNO4S2/c1-4-6-10(3)7-5-9(2)8-10;1-8(4,5)3-9(2,6)7/h9H,4-8H2,1-3H3;1H3/q+1;-1. The van der Waals surface area contributed by atoms with E-state index < -0.39 is 20.4 Å². The maximum absolute atomic E-state index is 11.3. The Kier molecular flexibility index (Phi) is 6.87. The maximum Gasteiger partial charge on any atom is 0.239 e. The van der Waals surface area contributed by atoms with Crippen LogP contribution in [0.2, 0.25) is 0 Å². The number of nitrogens with zero attached hydrogens (tertiary/aromatic N) is 2. The summed E-state index contributed by atoms with van der Waals surface area (Å²) in [6, 6.07) is 0. The Labute approximate surface area is 116 Å². The number of quaternary nitrogens is 1. The van der Waals surface area contributed by atoms with Crippen LogP contribution in [-0.4, -0.2) is 54.3 Å². The molecule has 1 saturated heterocycles. The Morgan fingerprint density at radius 1 is 1.32 bits per heavy atom. The van der Waals surface area contributed by atoms with Gasteiger partial charge in [-0.25, -0.2) is 16.8 Å². The molecule has 0 aromatic carbocycles. The average Bonchev–Trinajstić information content (AvgIpc) is 2.40. The molecular weight excluding hydrogens is 295 g/mol. The van der Waals surface area contributed by atoms with Gasteiger partial charge in [0.15, 0.2) is 0 Å². The van der Waals surface area contributed by atoms with Gasteiger partial charge >= 0.3 is 0 Å². The second-order valence-electron chi connectivity index (χ2n) is 5.36. The highest BCUT2D eigenvalue weighted by molar-refractivity contribution is 8.09. The van der Waals surface area contributed by atoms with Crippen LogP contribution in [0.1, 0.15) is 26.7 Å². The van der Waals surface area contributed by atoms with E-state index in [1.807, 2.05) is 4.13 Å². The molecule has 116 valence electrons. The molecule has 2 atom stereocenters. The van der Waals surface area contributed by atoms with Gasteiger partial charge in [0.1, 0.15) is 0 Å². The Morgan fingerprint density at radius 3 is 2.05 bits per heavy atom. The molecule has 2 unspecified atom stereocenters. The second kappa shape index (κ2) is 6.96. The Morgan fingerprint density at radius 2 is 1.84 bits per heavy atom. The fourth-order valence-electron chi connectivity index (χ4n) is 2.37. The third-order valence-electron chi connectivity index (χ3n) is 2.90. The van der Waals surface area contributed by atoms with Crippen LogP contribution < -0.4 is 0 Å². The van der Waals surface area contributed by atoms with Gasteiger partial charge in [0.05, 0.1) is 36.7 Å². The molecule has 9 heteroatoms. The van der Waals surface area contributed by atoms with Crippen molar-refractivity contribution >= 4 is 20.4 Å². The van der Waals surface area contributed by atoms with Gasteiger partial charge in [0.25, 0.3) is 0 Å². The van der Waals surface area contributed by atoms with Crippen LogP contribution >= 0.6 is 0 Å². The van der Waals surface area contributed by atoms with E-state index in [4.69, 9.17) is 0 Å². The molecule has 1 rings (SSSR count). The molecule has 0 aromatic rings. The number of sulfonamides is 1. The summed E-state index contributed by atoms with van der Waals surface area (Å²) in [5.41, 5.74) is 0. The Balaban J connectivity index is 0.000000344. The molecule has 0 aliphatic carbocycles. The van der Waals surface area contributed by atoms with Gasteiger partial charge in [-0.1, -0.05) is 13.8 Å². The highest BCUT2D eigenvalue weighted by atomic mass is 32.3. The summed E-state index contributed by atoms with van der Waals surface area (Å²) in [5, 5.41) is 0. The summed E-state index contributed by atoms with van der Waals surface area (Å²) < 4.78 is 53.1. The highest BCUT2D eigenvalue weighted by Gasteiger charge is 2.30. The fraction of sp³-hybridized carbons (Fsp3) is 1.00. The van der Waals surface area contributed by atoms with Crippen molar-refractivity contribution in [3.05, 3.63) is 4.13 Å². The average molecular weight is 318 g/mol. The van der Waals surface area contributed by atoms with Crippen molar-refractivity contribution in [2.24, 2.45) is 5.92 Å². The van der Waals surface area contributed by atoms with E-state index in [1.165, 1.54) is 37.0 Å². The molecule has 0 bridgehead atoms. The van der Waals surface area contributed by atoms with E-state index in [2.05, 4.69) is 20.9 Å². The third kappa shape index (κ3) is 10.2. The van der Waals surface area contributed by atoms with Crippen LogP contribution in [0.4, 0.5) is 3.89 Å². The molecular formula is C10H23FN2O4S2. The van der Waals surface area contributed by atoms with Crippen molar-refractivity contribution in [1.29, 1.82) is 0 Å². The summed E-state index contributed by atoms with van der Waals surface area (Å²) in [5.74, 6) is 0.969. The SMILES string of the molecule is CCC[N+]1(C)CCC(C)C1.CS(=O)(=O)[N-]S(=O)(=O)F. The van der Waals surface area contributed by atoms with Crippen LogP contribution in [0.5, 0.6) is 0 Å². The van der Waals surface area contributed by atoms with Crippen molar-refractivity contribution in [2.45, 2.75) is 26.7 Å². The van der Waals surface area contributed by atoms with Gasteiger partial charge in [-0.3, -0.25) is 0 Å². The molecule has 0 aromatic heterocycles. The molecule has 1 fully saturated rings. The Bertz CT molecular complexity index is 444. The van der Waals surface area contributed by atoms with Crippen molar-refractivity contribution in [1.82, 2.24) is 0 Å². The molecule has 0 spiro atoms. The minimum absolute atomic E-state index is 0.476. The van der Waals surface area contributed by atoms with Gasteiger partial charge < -0.3 is 8.61 Å². The van der Waals surface area contributed by atoms with E-state index in [1.54, 1.807) is 0 Å². The van der Waals surface area contributed by atoms with Crippen LogP contribution in [0, 0.1) is 5.92 Å². The minimum atomic E-state index is -5.24. The number of hydrogen-bond acceptors (Lipinski definition) is 4. The zero-order valence-electron chi connectivity index (χ0n) is 11.8. The van der Waals surface area contributed by atoms with E-state index >= 15 is 0 Å². The fourth-order valence-corrected chi connectivity index (χ4v) is 3.67. The van der Waals surface area contributed by atoms with Gasteiger partial charge in [-0.2, -0.15) is 0 Å². The predicted octanol–water partition coefficient (Wildman–Crippen LogP) is 1.42. The van der Waals surface area contributed by atoms with Gasteiger partial charge in [0, 0.05) is 18.6 Å². The molecule has 0 saturated carbocycles. The predicted molar refractivity (Wildman–Crippen MR) is 73.1 cm³/mol. The van der Waals surface area contributed by atoms with Gasteiger partial charge in [-0.05, 0) is 6.42 Å². The first-order valence-corrected chi connectivity index (χ1v) is 9.28. The van der Waals surface area contributed by atoms with Crippen molar-refractivity contribution < 1.29 is 25.2 Å². The minimum Gasteiger partial charge on any atom is -0.408 e. The normalized spacial score (nSPS) is 27.7. The molecule has 0 N–H and O–H groups in total. The monoisotopic (exact) mass is 318 g/mol. The Hall–Kier alpha value is -0.250. The summed E-state index contributed by atoms with van der Waals surface area (Å²) >= 11 is 0. The lowest BCUT2D eigenvalue weighted by Crippen LogP contribution is -2.41. The molecule has 1 heterocycles. The summed E-state index contributed by atoms with van der Waals surface area (Å²) in [6.45, 7) is 8.86. The third-order valence-corrected chi connectivity index (χ3v) is 4.70. The van der Waals surface area contributed by atoms with Crippen LogP contribution in [0.15, 0.2) is 0 Å². The van der Waals surface area contributed by atoms with E-state index in [-0.39, 0.29) is 0 Å². The summed E-state index contributed by atoms with van der Waals surface area (Å²) in [6.07, 6.45) is 3.25. The number of hydrogen-bond donors (Lipinski definition) is 0. The topological polar surface area (TPSA) is 82.4 Å². The number of likely N-dealkylation sites (tertiary alicyclic amines) is 1. The maximum atomic E-state index is 11.3.